The summed E-state index contributed by atoms with van der Waals surface area (Å²) in [5.74, 6) is -2.18. The van der Waals surface area contributed by atoms with E-state index in [2.05, 4.69) is 59.6 Å². The van der Waals surface area contributed by atoms with E-state index in [9.17, 15) is 24.3 Å². The number of amides is 3. The number of rotatable bonds is 7. The molecule has 2 saturated heterocycles. The second kappa shape index (κ2) is 17.1. The minimum absolute atomic E-state index is 0.0136. The maximum atomic E-state index is 14.7. The Morgan fingerprint density at radius 1 is 1.11 bits per heavy atom. The summed E-state index contributed by atoms with van der Waals surface area (Å²) in [4.78, 5) is 63.4. The number of aryl methyl sites for hydroxylation is 1. The molecule has 0 radical (unpaired) electrons. The molecule has 2 aromatic heterocycles. The number of nitrogens with one attached hydrogen (secondary N) is 3. The monoisotopic (exact) mass is 847 g/mol. The van der Waals surface area contributed by atoms with E-state index in [1.807, 2.05) is 39.0 Å². The molecule has 3 amide bonds. The van der Waals surface area contributed by atoms with E-state index in [1.165, 1.54) is 9.91 Å². The minimum atomic E-state index is -1.11. The number of benzene rings is 2. The van der Waals surface area contributed by atoms with Gasteiger partial charge in [-0.2, -0.15) is 0 Å². The van der Waals surface area contributed by atoms with Crippen LogP contribution in [0.2, 0.25) is 0 Å². The molecule has 4 aromatic rings. The van der Waals surface area contributed by atoms with Crippen LogP contribution >= 0.6 is 0 Å². The Balaban J connectivity index is 1.25. The first-order valence-electron chi connectivity index (χ1n) is 22.1. The first-order valence-corrected chi connectivity index (χ1v) is 22.1. The zero-order valence-electron chi connectivity index (χ0n) is 37.2. The SMILES string of the molecule is CCn1c2c3c4cc(ccc41)-c1cc(O)cc(c1)CC(NC(=O)[C@H](C(C)C)N(C)C(=O)[C@H]1CNC[C@H]1C)C(=O)N1CCC[C@H](N1)C(=O)OCC(C)(C)C3[C@H](OC)c1ncccc1-2. The van der Waals surface area contributed by atoms with Gasteiger partial charge in [0, 0.05) is 74.2 Å². The number of fused-ring (bicyclic) bond motifs is 8. The fourth-order valence-electron chi connectivity index (χ4n) is 10.6. The first-order chi connectivity index (χ1) is 29.6. The molecule has 0 spiro atoms. The van der Waals surface area contributed by atoms with E-state index in [4.69, 9.17) is 14.5 Å². The molecule has 2 fully saturated rings. The number of phenolic OH excluding ortho intramolecular Hbond substituents is 1. The van der Waals surface area contributed by atoms with Gasteiger partial charge in [-0.15, -0.1) is 0 Å². The number of ether oxygens (including phenoxy) is 2. The number of hydrazine groups is 1. The number of esters is 1. The Hall–Kier alpha value is -5.31. The van der Waals surface area contributed by atoms with E-state index in [1.54, 1.807) is 32.5 Å². The van der Waals surface area contributed by atoms with Gasteiger partial charge in [0.25, 0.3) is 5.91 Å². The fraction of sp³-hybridized carbons (Fsp3) is 0.521. The lowest BCUT2D eigenvalue weighted by molar-refractivity contribution is -0.156. The third-order valence-corrected chi connectivity index (χ3v) is 13.7. The van der Waals surface area contributed by atoms with Gasteiger partial charge in [0.1, 0.15) is 30.0 Å². The maximum Gasteiger partial charge on any atom is 0.324 e. The molecule has 14 heteroatoms. The maximum absolute atomic E-state index is 14.7. The molecule has 14 nitrogen and oxygen atoms in total. The molecular weight excluding hydrogens is 787 g/mol. The number of cyclic esters (lactones) is 1. The van der Waals surface area contributed by atoms with Crippen LogP contribution in [-0.2, 0) is 41.6 Å². The molecular formula is C48H61N7O7. The standard InChI is InChI=1S/C48H61N7O7/c1-9-54-37-15-14-29-22-33(37)38-39(43(61-8)40-32(42(38)54)12-10-16-50-40)48(5,6)25-62-47(60)35-13-11-17-55(52-35)46(59)36(20-28-18-30(29)21-31(56)19-28)51-44(57)41(26(2)3)53(7)45(58)34-24-49-23-27(34)4/h10,12,14-16,18-19,21-22,26-27,34-36,39,41,43,49,52,56H,9,11,13,17,20,23-25H2,1-8H3,(H,51,57)/t27-,34+,35+,36?,39?,41+,43+/m1/s1. The molecule has 2 unspecified atom stereocenters. The van der Waals surface area contributed by atoms with Crippen molar-refractivity contribution in [2.24, 2.45) is 23.2 Å². The molecule has 4 N–H and O–H groups in total. The van der Waals surface area contributed by atoms with Crippen molar-refractivity contribution in [2.75, 3.05) is 40.4 Å². The fourth-order valence-corrected chi connectivity index (χ4v) is 10.6. The van der Waals surface area contributed by atoms with Gasteiger partial charge in [-0.05, 0) is 96.8 Å². The summed E-state index contributed by atoms with van der Waals surface area (Å²) in [6, 6.07) is 12.8. The third kappa shape index (κ3) is 7.74. The normalized spacial score (nSPS) is 25.2. The molecule has 4 aliphatic rings. The van der Waals surface area contributed by atoms with Gasteiger partial charge in [-0.1, -0.05) is 46.8 Å². The van der Waals surface area contributed by atoms with Crippen LogP contribution in [0.3, 0.4) is 0 Å². The number of hydrogen-bond acceptors (Lipinski definition) is 10. The second-order valence-corrected chi connectivity index (χ2v) is 18.8. The number of carbonyl (C=O) groups excluding carboxylic acids is 4. The van der Waals surface area contributed by atoms with Gasteiger partial charge in [0.05, 0.1) is 23.9 Å². The summed E-state index contributed by atoms with van der Waals surface area (Å²) >= 11 is 0. The number of carbonyl (C=O) groups is 4. The van der Waals surface area contributed by atoms with Crippen LogP contribution < -0.4 is 16.1 Å². The highest BCUT2D eigenvalue weighted by Gasteiger charge is 2.48. The lowest BCUT2D eigenvalue weighted by atomic mass is 9.67. The predicted molar refractivity (Wildman–Crippen MR) is 236 cm³/mol. The first kappa shape index (κ1) is 43.3. The van der Waals surface area contributed by atoms with Crippen molar-refractivity contribution in [3.8, 4) is 28.1 Å². The highest BCUT2D eigenvalue weighted by molar-refractivity contribution is 5.97. The number of aromatic hydroxyl groups is 1. The summed E-state index contributed by atoms with van der Waals surface area (Å²) in [6.45, 7) is 14.4. The van der Waals surface area contributed by atoms with E-state index < -0.39 is 47.4 Å². The number of nitrogens with zero attached hydrogens (tertiary/aromatic N) is 4. The van der Waals surface area contributed by atoms with Crippen molar-refractivity contribution >= 4 is 34.6 Å². The van der Waals surface area contributed by atoms with Gasteiger partial charge < -0.3 is 34.7 Å². The summed E-state index contributed by atoms with van der Waals surface area (Å²) in [5, 5.41) is 20.0. The zero-order valence-corrected chi connectivity index (χ0v) is 37.2. The van der Waals surface area contributed by atoms with Gasteiger partial charge in [0.2, 0.25) is 11.8 Å². The van der Waals surface area contributed by atoms with Crippen molar-refractivity contribution in [1.29, 1.82) is 0 Å². The number of likely N-dealkylation sites (N-methyl/N-ethyl adjacent to an activating group) is 1. The van der Waals surface area contributed by atoms with E-state index >= 15 is 0 Å². The molecule has 5 heterocycles. The third-order valence-electron chi connectivity index (χ3n) is 13.7. The molecule has 8 rings (SSSR count). The van der Waals surface area contributed by atoms with Crippen LogP contribution in [-0.4, -0.2) is 107 Å². The van der Waals surface area contributed by atoms with Crippen LogP contribution in [0, 0.1) is 23.2 Å². The molecule has 7 atom stereocenters. The van der Waals surface area contributed by atoms with Gasteiger partial charge in [-0.25, -0.2) is 5.43 Å². The van der Waals surface area contributed by atoms with Crippen molar-refractivity contribution in [3.05, 3.63) is 71.5 Å². The minimum Gasteiger partial charge on any atom is -0.508 e. The smallest absolute Gasteiger partial charge is 0.324 e. The molecule has 2 aromatic carbocycles. The largest absolute Gasteiger partial charge is 0.508 e. The van der Waals surface area contributed by atoms with Gasteiger partial charge >= 0.3 is 5.97 Å². The zero-order chi connectivity index (χ0) is 44.2. The molecule has 62 heavy (non-hydrogen) atoms. The summed E-state index contributed by atoms with van der Waals surface area (Å²) in [7, 11) is 3.35. The highest BCUT2D eigenvalue weighted by Crippen LogP contribution is 2.57. The van der Waals surface area contributed by atoms with Crippen LogP contribution in [0.4, 0.5) is 0 Å². The van der Waals surface area contributed by atoms with Crippen LogP contribution in [0.5, 0.6) is 5.75 Å². The summed E-state index contributed by atoms with van der Waals surface area (Å²) < 4.78 is 14.9. The van der Waals surface area contributed by atoms with Crippen molar-refractivity contribution in [1.82, 2.24) is 35.5 Å². The number of hydrogen-bond donors (Lipinski definition) is 4. The lowest BCUT2D eigenvalue weighted by Gasteiger charge is -2.42. The number of methoxy groups -OCH3 is 1. The van der Waals surface area contributed by atoms with E-state index in [0.29, 0.717) is 38.0 Å². The summed E-state index contributed by atoms with van der Waals surface area (Å²) in [5.41, 5.74) is 9.67. The quantitative estimate of drug-likeness (QED) is 0.179. The van der Waals surface area contributed by atoms with Crippen LogP contribution in [0.15, 0.2) is 54.7 Å². The Morgan fingerprint density at radius 3 is 2.61 bits per heavy atom. The Morgan fingerprint density at radius 2 is 1.90 bits per heavy atom. The molecule has 6 bridgehead atoms. The summed E-state index contributed by atoms with van der Waals surface area (Å²) in [6.07, 6.45) is 2.34. The van der Waals surface area contributed by atoms with E-state index in [0.717, 1.165) is 51.1 Å². The van der Waals surface area contributed by atoms with Gasteiger partial charge in [0.15, 0.2) is 0 Å². The Bertz CT molecular complexity index is 2390. The lowest BCUT2D eigenvalue weighted by Crippen LogP contribution is -2.62. The van der Waals surface area contributed by atoms with Crippen LogP contribution in [0.1, 0.15) is 83.2 Å². The number of aromatic nitrogens is 2. The Kier molecular flexibility index (Phi) is 12.0. The molecule has 3 aliphatic heterocycles. The number of phenols is 1. The Labute approximate surface area is 363 Å². The number of pyridine rings is 1. The molecule has 0 saturated carbocycles. The van der Waals surface area contributed by atoms with Crippen molar-refractivity contribution in [2.45, 2.75) is 97.5 Å². The van der Waals surface area contributed by atoms with Gasteiger partial charge in [-0.3, -0.25) is 29.2 Å². The van der Waals surface area contributed by atoms with Crippen molar-refractivity contribution in [3.63, 3.8) is 0 Å². The average molecular weight is 848 g/mol. The molecule has 1 aliphatic carbocycles. The van der Waals surface area contributed by atoms with Crippen LogP contribution in [0.25, 0.3) is 33.3 Å². The van der Waals surface area contributed by atoms with Crippen molar-refractivity contribution < 1.29 is 33.8 Å². The second-order valence-electron chi connectivity index (χ2n) is 18.8. The average Bonchev–Trinajstić information content (AvgIpc) is 3.83. The molecule has 330 valence electrons. The topological polar surface area (TPSA) is 167 Å². The highest BCUT2D eigenvalue weighted by atomic mass is 16.5. The van der Waals surface area contributed by atoms with E-state index in [-0.39, 0.29) is 48.4 Å². The predicted octanol–water partition coefficient (Wildman–Crippen LogP) is 5.32.